The van der Waals surface area contributed by atoms with Crippen molar-refractivity contribution in [2.45, 2.75) is 26.4 Å². The molecule has 2 N–H and O–H groups in total. The van der Waals surface area contributed by atoms with Crippen LogP contribution in [0.1, 0.15) is 29.8 Å². The number of nitrogens with one attached hydrogen (secondary N) is 2. The SMILES string of the molecule is CN=C(NCc1ncccc1C)NC(C)c1ccc(F)c(F)c1. The van der Waals surface area contributed by atoms with Gasteiger partial charge in [-0.3, -0.25) is 9.98 Å². The van der Waals surface area contributed by atoms with E-state index in [0.717, 1.165) is 17.3 Å². The molecule has 2 aromatic rings. The first kappa shape index (κ1) is 16.9. The van der Waals surface area contributed by atoms with Crippen LogP contribution in [0.5, 0.6) is 0 Å². The lowest BCUT2D eigenvalue weighted by Gasteiger charge is -2.18. The summed E-state index contributed by atoms with van der Waals surface area (Å²) in [7, 11) is 1.65. The lowest BCUT2D eigenvalue weighted by atomic mass is 10.1. The van der Waals surface area contributed by atoms with Crippen LogP contribution in [0.4, 0.5) is 8.78 Å². The molecule has 1 unspecified atom stereocenters. The number of rotatable bonds is 4. The maximum atomic E-state index is 13.3. The smallest absolute Gasteiger partial charge is 0.191 e. The van der Waals surface area contributed by atoms with Crippen molar-refractivity contribution >= 4 is 5.96 Å². The summed E-state index contributed by atoms with van der Waals surface area (Å²) >= 11 is 0. The standard InChI is InChI=1S/C17H20F2N4/c1-11-5-4-8-21-16(11)10-22-17(20-3)23-12(2)13-6-7-14(18)15(19)9-13/h4-9,12H,10H2,1-3H3,(H2,20,22,23). The number of benzene rings is 1. The summed E-state index contributed by atoms with van der Waals surface area (Å²) in [4.78, 5) is 8.44. The van der Waals surface area contributed by atoms with Crippen molar-refractivity contribution in [1.82, 2.24) is 15.6 Å². The molecule has 23 heavy (non-hydrogen) atoms. The van der Waals surface area contributed by atoms with Gasteiger partial charge >= 0.3 is 0 Å². The highest BCUT2D eigenvalue weighted by atomic mass is 19.2. The summed E-state index contributed by atoms with van der Waals surface area (Å²) in [6, 6.07) is 7.51. The normalized spacial score (nSPS) is 12.8. The van der Waals surface area contributed by atoms with Gasteiger partial charge in [-0.2, -0.15) is 0 Å². The van der Waals surface area contributed by atoms with Crippen LogP contribution in [0.2, 0.25) is 0 Å². The van der Waals surface area contributed by atoms with Gasteiger partial charge in [-0.15, -0.1) is 0 Å². The molecular weight excluding hydrogens is 298 g/mol. The highest BCUT2D eigenvalue weighted by molar-refractivity contribution is 5.80. The quantitative estimate of drug-likeness (QED) is 0.673. The van der Waals surface area contributed by atoms with E-state index < -0.39 is 11.6 Å². The number of pyridine rings is 1. The second-order valence-electron chi connectivity index (χ2n) is 5.23. The Hall–Kier alpha value is -2.50. The highest BCUT2D eigenvalue weighted by Gasteiger charge is 2.11. The minimum atomic E-state index is -0.858. The summed E-state index contributed by atoms with van der Waals surface area (Å²) < 4.78 is 26.3. The van der Waals surface area contributed by atoms with Crippen LogP contribution >= 0.6 is 0 Å². The molecule has 0 saturated carbocycles. The van der Waals surface area contributed by atoms with E-state index in [0.29, 0.717) is 18.1 Å². The van der Waals surface area contributed by atoms with Gasteiger partial charge in [0.15, 0.2) is 17.6 Å². The second kappa shape index (κ2) is 7.67. The number of aromatic nitrogens is 1. The monoisotopic (exact) mass is 318 g/mol. The Bertz CT molecular complexity index is 701. The molecule has 1 aromatic carbocycles. The van der Waals surface area contributed by atoms with E-state index in [-0.39, 0.29) is 6.04 Å². The molecule has 0 amide bonds. The Morgan fingerprint density at radius 2 is 2.04 bits per heavy atom. The van der Waals surface area contributed by atoms with Gasteiger partial charge in [-0.05, 0) is 43.2 Å². The molecular formula is C17H20F2N4. The number of halogens is 2. The maximum absolute atomic E-state index is 13.3. The van der Waals surface area contributed by atoms with E-state index in [1.165, 1.54) is 6.07 Å². The molecule has 6 heteroatoms. The van der Waals surface area contributed by atoms with Gasteiger partial charge in [-0.25, -0.2) is 8.78 Å². The van der Waals surface area contributed by atoms with Gasteiger partial charge in [0.05, 0.1) is 18.3 Å². The third-order valence-corrected chi connectivity index (χ3v) is 3.56. The number of aryl methyl sites for hydroxylation is 1. The third kappa shape index (κ3) is 4.48. The van der Waals surface area contributed by atoms with Gasteiger partial charge in [0.25, 0.3) is 0 Å². The fraction of sp³-hybridized carbons (Fsp3) is 0.294. The third-order valence-electron chi connectivity index (χ3n) is 3.56. The Labute approximate surface area is 134 Å². The first-order chi connectivity index (χ1) is 11.0. The second-order valence-corrected chi connectivity index (χ2v) is 5.23. The molecule has 122 valence electrons. The molecule has 0 fully saturated rings. The van der Waals surface area contributed by atoms with Crippen molar-refractivity contribution < 1.29 is 8.78 Å². The summed E-state index contributed by atoms with van der Waals surface area (Å²) in [5.41, 5.74) is 2.65. The molecule has 1 heterocycles. The maximum Gasteiger partial charge on any atom is 0.191 e. The highest BCUT2D eigenvalue weighted by Crippen LogP contribution is 2.15. The molecule has 0 saturated heterocycles. The van der Waals surface area contributed by atoms with Crippen molar-refractivity contribution in [2.24, 2.45) is 4.99 Å². The molecule has 2 rings (SSSR count). The number of aliphatic imine (C=N–C) groups is 1. The summed E-state index contributed by atoms with van der Waals surface area (Å²) in [5.74, 6) is -1.15. The lowest BCUT2D eigenvalue weighted by Crippen LogP contribution is -2.38. The van der Waals surface area contributed by atoms with Gasteiger partial charge in [0, 0.05) is 13.2 Å². The van der Waals surface area contributed by atoms with Crippen molar-refractivity contribution in [3.05, 3.63) is 65.0 Å². The lowest BCUT2D eigenvalue weighted by molar-refractivity contribution is 0.504. The minimum absolute atomic E-state index is 0.221. The molecule has 1 aromatic heterocycles. The first-order valence-electron chi connectivity index (χ1n) is 7.34. The Balaban J connectivity index is 1.99. The largest absolute Gasteiger partial charge is 0.351 e. The number of hydrogen-bond acceptors (Lipinski definition) is 2. The van der Waals surface area contributed by atoms with E-state index in [1.807, 2.05) is 26.0 Å². The fourth-order valence-electron chi connectivity index (χ4n) is 2.14. The zero-order valence-corrected chi connectivity index (χ0v) is 13.4. The molecule has 0 bridgehead atoms. The first-order valence-corrected chi connectivity index (χ1v) is 7.34. The van der Waals surface area contributed by atoms with Crippen molar-refractivity contribution in [3.8, 4) is 0 Å². The zero-order valence-electron chi connectivity index (χ0n) is 13.4. The molecule has 0 spiro atoms. The molecule has 4 nitrogen and oxygen atoms in total. The van der Waals surface area contributed by atoms with Crippen LogP contribution in [0, 0.1) is 18.6 Å². The number of nitrogens with zero attached hydrogens (tertiary/aromatic N) is 2. The van der Waals surface area contributed by atoms with Crippen LogP contribution < -0.4 is 10.6 Å². The van der Waals surface area contributed by atoms with E-state index in [1.54, 1.807) is 19.3 Å². The molecule has 0 radical (unpaired) electrons. The van der Waals surface area contributed by atoms with Crippen LogP contribution in [-0.2, 0) is 6.54 Å². The fourth-order valence-corrected chi connectivity index (χ4v) is 2.14. The summed E-state index contributed by atoms with van der Waals surface area (Å²) in [5, 5.41) is 6.30. The van der Waals surface area contributed by atoms with Crippen LogP contribution in [0.25, 0.3) is 0 Å². The molecule has 0 aliphatic rings. The van der Waals surface area contributed by atoms with Crippen molar-refractivity contribution in [1.29, 1.82) is 0 Å². The number of hydrogen-bond donors (Lipinski definition) is 2. The average molecular weight is 318 g/mol. The van der Waals surface area contributed by atoms with E-state index >= 15 is 0 Å². The molecule has 0 aliphatic heterocycles. The molecule has 0 aliphatic carbocycles. The summed E-state index contributed by atoms with van der Waals surface area (Å²) in [6.45, 7) is 4.37. The van der Waals surface area contributed by atoms with E-state index in [2.05, 4.69) is 20.6 Å². The molecule has 1 atom stereocenters. The Kier molecular flexibility index (Phi) is 5.62. The minimum Gasteiger partial charge on any atom is -0.351 e. The van der Waals surface area contributed by atoms with E-state index in [4.69, 9.17) is 0 Å². The predicted molar refractivity (Wildman–Crippen MR) is 87.1 cm³/mol. The van der Waals surface area contributed by atoms with E-state index in [9.17, 15) is 8.78 Å². The zero-order chi connectivity index (χ0) is 16.8. The van der Waals surface area contributed by atoms with Crippen molar-refractivity contribution in [2.75, 3.05) is 7.05 Å². The van der Waals surface area contributed by atoms with Gasteiger partial charge in [0.2, 0.25) is 0 Å². The van der Waals surface area contributed by atoms with Crippen molar-refractivity contribution in [3.63, 3.8) is 0 Å². The van der Waals surface area contributed by atoms with Crippen LogP contribution in [0.15, 0.2) is 41.5 Å². The summed E-state index contributed by atoms with van der Waals surface area (Å²) in [6.07, 6.45) is 1.74. The predicted octanol–water partition coefficient (Wildman–Crippen LogP) is 3.09. The average Bonchev–Trinajstić information content (AvgIpc) is 2.55. The van der Waals surface area contributed by atoms with Crippen LogP contribution in [-0.4, -0.2) is 18.0 Å². The van der Waals surface area contributed by atoms with Gasteiger partial charge in [-0.1, -0.05) is 12.1 Å². The van der Waals surface area contributed by atoms with Gasteiger partial charge in [0.1, 0.15) is 0 Å². The van der Waals surface area contributed by atoms with Crippen LogP contribution in [0.3, 0.4) is 0 Å². The van der Waals surface area contributed by atoms with Gasteiger partial charge < -0.3 is 10.6 Å². The number of guanidine groups is 1. The topological polar surface area (TPSA) is 49.3 Å². The Morgan fingerprint density at radius 3 is 2.70 bits per heavy atom. The Morgan fingerprint density at radius 1 is 1.26 bits per heavy atom.